The molecule has 2 heterocycles. The lowest BCUT2D eigenvalue weighted by molar-refractivity contribution is -0.122. The van der Waals surface area contributed by atoms with E-state index in [-0.39, 0.29) is 11.7 Å². The van der Waals surface area contributed by atoms with Crippen molar-refractivity contribution < 1.29 is 18.7 Å². The Labute approximate surface area is 198 Å². The Hall–Kier alpha value is -2.84. The van der Waals surface area contributed by atoms with Crippen LogP contribution in [0.5, 0.6) is 5.75 Å². The summed E-state index contributed by atoms with van der Waals surface area (Å²) in [5, 5.41) is 0.570. The highest BCUT2D eigenvalue weighted by Crippen LogP contribution is 2.36. The van der Waals surface area contributed by atoms with E-state index >= 15 is 0 Å². The third kappa shape index (κ3) is 5.23. The number of nitrogens with zero attached hydrogens (tertiary/aromatic N) is 3. The Kier molecular flexibility index (Phi) is 7.35. The minimum atomic E-state index is -0.256. The average molecular weight is 470 g/mol. The molecule has 2 aliphatic rings. The van der Waals surface area contributed by atoms with Crippen molar-refractivity contribution >= 4 is 40.3 Å². The number of aryl methyl sites for hydroxylation is 1. The average Bonchev–Trinajstić information content (AvgIpc) is 3.44. The van der Waals surface area contributed by atoms with Crippen LogP contribution in [0.25, 0.3) is 6.08 Å². The number of methoxy groups -OCH3 is 2. The molecule has 2 fully saturated rings. The maximum atomic E-state index is 14.9. The number of halogens is 1. The second-order valence-corrected chi connectivity index (χ2v) is 9.02. The van der Waals surface area contributed by atoms with Crippen LogP contribution in [0.15, 0.2) is 46.3 Å². The highest BCUT2D eigenvalue weighted by atomic mass is 32.2. The zero-order valence-corrected chi connectivity index (χ0v) is 20.0. The van der Waals surface area contributed by atoms with Gasteiger partial charge in [-0.25, -0.2) is 9.38 Å². The molecular weight excluding hydrogens is 441 g/mol. The van der Waals surface area contributed by atoms with Gasteiger partial charge in [0.05, 0.1) is 36.5 Å². The molecule has 33 heavy (non-hydrogen) atoms. The molecule has 0 spiro atoms. The number of ether oxygens (including phenoxy) is 2. The summed E-state index contributed by atoms with van der Waals surface area (Å²) in [5.74, 6) is 0.321. The first-order valence-electron chi connectivity index (χ1n) is 11.0. The van der Waals surface area contributed by atoms with Crippen LogP contribution in [-0.2, 0) is 9.53 Å². The molecule has 0 radical (unpaired) electrons. The summed E-state index contributed by atoms with van der Waals surface area (Å²) in [6.45, 7) is 4.48. The molecule has 0 atom stereocenters. The van der Waals surface area contributed by atoms with Crippen molar-refractivity contribution in [2.24, 2.45) is 4.99 Å². The van der Waals surface area contributed by atoms with Gasteiger partial charge in [0.2, 0.25) is 0 Å². The number of anilines is 1. The quantitative estimate of drug-likeness (QED) is 0.535. The van der Waals surface area contributed by atoms with Gasteiger partial charge in [-0.05, 0) is 85.1 Å². The van der Waals surface area contributed by atoms with Crippen LogP contribution in [0.3, 0.4) is 0 Å². The Balaban J connectivity index is 1.63. The smallest absolute Gasteiger partial charge is 0.266 e. The van der Waals surface area contributed by atoms with Crippen LogP contribution in [0, 0.1) is 12.7 Å². The number of rotatable bonds is 7. The summed E-state index contributed by atoms with van der Waals surface area (Å²) in [4.78, 5) is 22.0. The van der Waals surface area contributed by atoms with E-state index in [4.69, 9.17) is 9.47 Å². The third-order valence-corrected chi connectivity index (χ3v) is 6.78. The van der Waals surface area contributed by atoms with Crippen LogP contribution in [-0.4, -0.2) is 56.4 Å². The number of thioether (sulfide) groups is 1. The first-order valence-corrected chi connectivity index (χ1v) is 11.8. The number of aliphatic imine (C=N–C) groups is 1. The Bertz CT molecular complexity index is 1080. The number of carbonyl (C=O) groups is 1. The van der Waals surface area contributed by atoms with E-state index in [1.165, 1.54) is 17.8 Å². The minimum Gasteiger partial charge on any atom is -0.497 e. The topological polar surface area (TPSA) is 54.4 Å². The van der Waals surface area contributed by atoms with Crippen molar-refractivity contribution in [2.75, 3.05) is 45.4 Å². The van der Waals surface area contributed by atoms with Gasteiger partial charge in [0, 0.05) is 20.2 Å². The fourth-order valence-electron chi connectivity index (χ4n) is 3.92. The number of amidine groups is 1. The monoisotopic (exact) mass is 469 g/mol. The zero-order chi connectivity index (χ0) is 23.4. The Morgan fingerprint density at radius 2 is 1.88 bits per heavy atom. The summed E-state index contributed by atoms with van der Waals surface area (Å²) in [6, 6.07) is 10.7. The van der Waals surface area contributed by atoms with Crippen molar-refractivity contribution in [2.45, 2.75) is 19.8 Å². The number of hydrogen-bond acceptors (Lipinski definition) is 6. The van der Waals surface area contributed by atoms with Crippen molar-refractivity contribution in [1.29, 1.82) is 0 Å². The number of amides is 1. The van der Waals surface area contributed by atoms with Crippen molar-refractivity contribution in [3.63, 3.8) is 0 Å². The van der Waals surface area contributed by atoms with Gasteiger partial charge in [-0.1, -0.05) is 0 Å². The third-order valence-electron chi connectivity index (χ3n) is 5.77. The second kappa shape index (κ2) is 10.4. The summed E-state index contributed by atoms with van der Waals surface area (Å²) >= 11 is 1.29. The molecule has 0 saturated carbocycles. The fourth-order valence-corrected chi connectivity index (χ4v) is 4.93. The molecule has 174 valence electrons. The van der Waals surface area contributed by atoms with Gasteiger partial charge in [0.25, 0.3) is 5.91 Å². The van der Waals surface area contributed by atoms with E-state index in [9.17, 15) is 9.18 Å². The SMILES string of the molecule is COCCN1C(=O)/C(=C/c2cc(F)c(N3CCCC3)cc2C)SC1=Nc1ccc(OC)cc1. The molecule has 2 aromatic rings. The van der Waals surface area contributed by atoms with E-state index in [0.29, 0.717) is 40.2 Å². The first-order chi connectivity index (χ1) is 16.0. The van der Waals surface area contributed by atoms with E-state index in [2.05, 4.69) is 9.89 Å². The summed E-state index contributed by atoms with van der Waals surface area (Å²) in [5.41, 5.74) is 2.99. The molecule has 0 aliphatic carbocycles. The maximum Gasteiger partial charge on any atom is 0.266 e. The predicted octanol–water partition coefficient (Wildman–Crippen LogP) is 4.99. The van der Waals surface area contributed by atoms with Crippen LogP contribution < -0.4 is 9.64 Å². The standard InChI is InChI=1S/C25H28FN3O3S/c1-17-14-22(28-10-4-5-11-28)21(26)15-18(17)16-23-24(30)29(12-13-31-2)25(33-23)27-19-6-8-20(32-3)9-7-19/h6-9,14-16H,4-5,10-13H2,1-3H3/b23-16-,27-25?. The van der Waals surface area contributed by atoms with Gasteiger partial charge in [0.1, 0.15) is 11.6 Å². The van der Waals surface area contributed by atoms with Gasteiger partial charge in [0.15, 0.2) is 5.17 Å². The van der Waals surface area contributed by atoms with Gasteiger partial charge in [-0.3, -0.25) is 9.69 Å². The molecule has 4 rings (SSSR count). The summed E-state index contributed by atoms with van der Waals surface area (Å²) < 4.78 is 25.3. The molecule has 2 aliphatic heterocycles. The van der Waals surface area contributed by atoms with Gasteiger partial charge in [-0.2, -0.15) is 0 Å². The highest BCUT2D eigenvalue weighted by Gasteiger charge is 2.33. The minimum absolute atomic E-state index is 0.160. The lowest BCUT2D eigenvalue weighted by atomic mass is 10.1. The van der Waals surface area contributed by atoms with Crippen LogP contribution in [0.1, 0.15) is 24.0 Å². The van der Waals surface area contributed by atoms with E-state index in [1.807, 2.05) is 37.3 Å². The molecule has 2 aromatic carbocycles. The van der Waals surface area contributed by atoms with Gasteiger partial charge >= 0.3 is 0 Å². The molecule has 8 heteroatoms. The Morgan fingerprint density at radius 3 is 2.55 bits per heavy atom. The molecule has 0 N–H and O–H groups in total. The van der Waals surface area contributed by atoms with Gasteiger partial charge < -0.3 is 14.4 Å². The molecule has 0 aromatic heterocycles. The van der Waals surface area contributed by atoms with Gasteiger partial charge in [-0.15, -0.1) is 0 Å². The van der Waals surface area contributed by atoms with Crippen LogP contribution >= 0.6 is 11.8 Å². The van der Waals surface area contributed by atoms with Crippen molar-refractivity contribution in [3.8, 4) is 5.75 Å². The Morgan fingerprint density at radius 1 is 1.15 bits per heavy atom. The number of carbonyl (C=O) groups excluding carboxylic acids is 1. The second-order valence-electron chi connectivity index (χ2n) is 8.01. The maximum absolute atomic E-state index is 14.9. The largest absolute Gasteiger partial charge is 0.497 e. The predicted molar refractivity (Wildman–Crippen MR) is 132 cm³/mol. The lowest BCUT2D eigenvalue weighted by Crippen LogP contribution is -2.32. The number of benzene rings is 2. The van der Waals surface area contributed by atoms with Crippen molar-refractivity contribution in [1.82, 2.24) is 4.90 Å². The molecule has 1 amide bonds. The van der Waals surface area contributed by atoms with Crippen LogP contribution in [0.2, 0.25) is 0 Å². The van der Waals surface area contributed by atoms with E-state index < -0.39 is 0 Å². The molecule has 6 nitrogen and oxygen atoms in total. The van der Waals surface area contributed by atoms with Crippen molar-refractivity contribution in [3.05, 3.63) is 58.2 Å². The lowest BCUT2D eigenvalue weighted by Gasteiger charge is -2.19. The van der Waals surface area contributed by atoms with E-state index in [0.717, 1.165) is 37.2 Å². The highest BCUT2D eigenvalue weighted by molar-refractivity contribution is 8.18. The number of hydrogen-bond donors (Lipinski definition) is 0. The zero-order valence-electron chi connectivity index (χ0n) is 19.1. The molecule has 0 bridgehead atoms. The summed E-state index contributed by atoms with van der Waals surface area (Å²) in [7, 11) is 3.21. The molecule has 2 saturated heterocycles. The fraction of sp³-hybridized carbons (Fsp3) is 0.360. The molecule has 0 unspecified atom stereocenters. The van der Waals surface area contributed by atoms with Crippen LogP contribution in [0.4, 0.5) is 15.8 Å². The van der Waals surface area contributed by atoms with E-state index in [1.54, 1.807) is 25.2 Å². The normalized spacial score (nSPS) is 18.7. The summed E-state index contributed by atoms with van der Waals surface area (Å²) in [6.07, 6.45) is 3.93. The first kappa shape index (κ1) is 23.3. The molecular formula is C25H28FN3O3S.